The Kier molecular flexibility index (Phi) is 5.45. The number of benzene rings is 2. The predicted octanol–water partition coefficient (Wildman–Crippen LogP) is 3.55. The molecule has 0 radical (unpaired) electrons. The molecule has 1 fully saturated rings. The molecule has 0 saturated carbocycles. The summed E-state index contributed by atoms with van der Waals surface area (Å²) in [6.45, 7) is 1.88. The van der Waals surface area contributed by atoms with Crippen LogP contribution in [0.3, 0.4) is 0 Å². The monoisotopic (exact) mass is 382 g/mol. The minimum absolute atomic E-state index is 0.0300. The fraction of sp³-hybridized carbons (Fsp3) is 0.333. The molecule has 2 aliphatic rings. The summed E-state index contributed by atoms with van der Waals surface area (Å²) in [6.07, 6.45) is 2.11. The Morgan fingerprint density at radius 2 is 2.07 bits per heavy atom. The highest BCUT2D eigenvalue weighted by Gasteiger charge is 2.25. The van der Waals surface area contributed by atoms with Gasteiger partial charge >= 0.3 is 0 Å². The number of carbonyl (C=O) groups is 2. The van der Waals surface area contributed by atoms with Gasteiger partial charge in [-0.2, -0.15) is 0 Å². The third-order valence-corrected chi connectivity index (χ3v) is 5.88. The number of fused-ring (bicyclic) bond motifs is 1. The van der Waals surface area contributed by atoms with E-state index in [1.807, 2.05) is 47.4 Å². The minimum Gasteiger partial charge on any atom is -0.376 e. The number of nitrogens with one attached hydrogen (secondary N) is 1. The van der Waals surface area contributed by atoms with Crippen LogP contribution in [0.25, 0.3) is 0 Å². The van der Waals surface area contributed by atoms with Gasteiger partial charge < -0.3 is 15.0 Å². The molecule has 0 aliphatic carbocycles. The third-order valence-electron chi connectivity index (χ3n) is 4.81. The van der Waals surface area contributed by atoms with Gasteiger partial charge in [0.15, 0.2) is 0 Å². The Morgan fingerprint density at radius 1 is 1.22 bits per heavy atom. The molecule has 5 nitrogen and oxygen atoms in total. The first kappa shape index (κ1) is 18.1. The van der Waals surface area contributed by atoms with Gasteiger partial charge in [-0.3, -0.25) is 9.59 Å². The van der Waals surface area contributed by atoms with Gasteiger partial charge in [-0.25, -0.2) is 0 Å². The number of carbonyl (C=O) groups excluding carboxylic acids is 2. The Balaban J connectivity index is 1.57. The maximum Gasteiger partial charge on any atom is 0.254 e. The summed E-state index contributed by atoms with van der Waals surface area (Å²) in [5.74, 6) is 0.346. The van der Waals surface area contributed by atoms with E-state index in [4.69, 9.17) is 4.74 Å². The highest BCUT2D eigenvalue weighted by molar-refractivity contribution is 8.00. The Labute approximate surface area is 163 Å². The number of hydrogen-bond donors (Lipinski definition) is 1. The molecule has 2 aromatic carbocycles. The van der Waals surface area contributed by atoms with Crippen molar-refractivity contribution < 1.29 is 14.3 Å². The van der Waals surface area contributed by atoms with Crippen LogP contribution in [-0.2, 0) is 16.1 Å². The number of thioether (sulfide) groups is 1. The van der Waals surface area contributed by atoms with Crippen molar-refractivity contribution >= 4 is 29.3 Å². The summed E-state index contributed by atoms with van der Waals surface area (Å²) in [6, 6.07) is 15.5. The van der Waals surface area contributed by atoms with E-state index >= 15 is 0 Å². The standard InChI is InChI=1S/C21H22N2O3S/c24-20-14-27-19-9-8-16(11-18(19)22-20)21(25)23(13-17-7-4-10-26-17)12-15-5-2-1-3-6-15/h1-3,5-6,8-9,11,17H,4,7,10,12-14H2,(H,22,24). The van der Waals surface area contributed by atoms with Crippen molar-refractivity contribution in [3.05, 3.63) is 59.7 Å². The van der Waals surface area contributed by atoms with E-state index in [2.05, 4.69) is 5.32 Å². The van der Waals surface area contributed by atoms with Crippen LogP contribution in [0.2, 0.25) is 0 Å². The van der Waals surface area contributed by atoms with E-state index in [1.165, 1.54) is 11.8 Å². The highest BCUT2D eigenvalue weighted by atomic mass is 32.2. The van der Waals surface area contributed by atoms with Crippen molar-refractivity contribution in [1.29, 1.82) is 0 Å². The molecule has 4 rings (SSSR count). The Morgan fingerprint density at radius 3 is 2.85 bits per heavy atom. The second-order valence-electron chi connectivity index (χ2n) is 6.85. The number of ether oxygens (including phenoxy) is 1. The van der Waals surface area contributed by atoms with Crippen LogP contribution in [0, 0.1) is 0 Å². The maximum absolute atomic E-state index is 13.3. The first-order chi connectivity index (χ1) is 13.2. The first-order valence-electron chi connectivity index (χ1n) is 9.20. The van der Waals surface area contributed by atoms with Crippen molar-refractivity contribution in [2.45, 2.75) is 30.4 Å². The lowest BCUT2D eigenvalue weighted by molar-refractivity contribution is -0.113. The largest absolute Gasteiger partial charge is 0.376 e. The highest BCUT2D eigenvalue weighted by Crippen LogP contribution is 2.32. The van der Waals surface area contributed by atoms with Gasteiger partial charge in [-0.05, 0) is 36.6 Å². The number of nitrogens with zero attached hydrogens (tertiary/aromatic N) is 1. The zero-order valence-corrected chi connectivity index (χ0v) is 15.8. The lowest BCUT2D eigenvalue weighted by Gasteiger charge is -2.26. The Bertz CT molecular complexity index is 835. The van der Waals surface area contributed by atoms with Crippen LogP contribution in [0.5, 0.6) is 0 Å². The molecule has 0 spiro atoms. The molecule has 2 heterocycles. The average molecular weight is 382 g/mol. The molecule has 1 atom stereocenters. The topological polar surface area (TPSA) is 58.6 Å². The van der Waals surface area contributed by atoms with Crippen molar-refractivity contribution in [1.82, 2.24) is 4.90 Å². The molecule has 0 aromatic heterocycles. The predicted molar refractivity (Wildman–Crippen MR) is 106 cm³/mol. The number of anilines is 1. The van der Waals surface area contributed by atoms with Gasteiger partial charge in [0.2, 0.25) is 5.91 Å². The van der Waals surface area contributed by atoms with Gasteiger partial charge in [-0.1, -0.05) is 30.3 Å². The van der Waals surface area contributed by atoms with Crippen molar-refractivity contribution in [2.24, 2.45) is 0 Å². The van der Waals surface area contributed by atoms with Crippen LogP contribution in [0.4, 0.5) is 5.69 Å². The smallest absolute Gasteiger partial charge is 0.254 e. The van der Waals surface area contributed by atoms with Gasteiger partial charge in [0.1, 0.15) is 0 Å². The molecule has 0 bridgehead atoms. The summed E-state index contributed by atoms with van der Waals surface area (Å²) in [4.78, 5) is 27.8. The van der Waals surface area contributed by atoms with E-state index in [1.54, 1.807) is 6.07 Å². The van der Waals surface area contributed by atoms with Crippen molar-refractivity contribution in [3.63, 3.8) is 0 Å². The molecule has 2 amide bonds. The van der Waals surface area contributed by atoms with Crippen LogP contribution >= 0.6 is 11.8 Å². The molecular weight excluding hydrogens is 360 g/mol. The quantitative estimate of drug-likeness (QED) is 0.859. The lowest BCUT2D eigenvalue weighted by atomic mass is 10.1. The normalized spacial score (nSPS) is 18.7. The maximum atomic E-state index is 13.3. The molecule has 1 N–H and O–H groups in total. The fourth-order valence-corrected chi connectivity index (χ4v) is 4.24. The second-order valence-corrected chi connectivity index (χ2v) is 7.87. The van der Waals surface area contributed by atoms with E-state index in [-0.39, 0.29) is 17.9 Å². The Hall–Kier alpha value is -2.31. The molecule has 140 valence electrons. The van der Waals surface area contributed by atoms with Gasteiger partial charge in [-0.15, -0.1) is 11.8 Å². The molecule has 1 unspecified atom stereocenters. The van der Waals surface area contributed by atoms with E-state index < -0.39 is 0 Å². The van der Waals surface area contributed by atoms with Crippen LogP contribution < -0.4 is 5.32 Å². The molecule has 27 heavy (non-hydrogen) atoms. The SMILES string of the molecule is O=C1CSc2ccc(C(=O)N(Cc3ccccc3)CC3CCCO3)cc2N1. The van der Waals surface area contributed by atoms with Crippen LogP contribution in [0.1, 0.15) is 28.8 Å². The summed E-state index contributed by atoms with van der Waals surface area (Å²) in [5.41, 5.74) is 2.40. The summed E-state index contributed by atoms with van der Waals surface area (Å²) < 4.78 is 5.76. The number of hydrogen-bond acceptors (Lipinski definition) is 4. The summed E-state index contributed by atoms with van der Waals surface area (Å²) in [7, 11) is 0. The van der Waals surface area contributed by atoms with Crippen LogP contribution in [-0.4, -0.2) is 41.7 Å². The van der Waals surface area contributed by atoms with Gasteiger partial charge in [0.05, 0.1) is 17.5 Å². The third kappa shape index (κ3) is 4.34. The van der Waals surface area contributed by atoms with Gasteiger partial charge in [0.25, 0.3) is 5.91 Å². The molecule has 1 saturated heterocycles. The van der Waals surface area contributed by atoms with Crippen LogP contribution in [0.15, 0.2) is 53.4 Å². The molecule has 2 aliphatic heterocycles. The average Bonchev–Trinajstić information content (AvgIpc) is 3.20. The number of amides is 2. The molecule has 2 aromatic rings. The molecule has 6 heteroatoms. The first-order valence-corrected chi connectivity index (χ1v) is 10.2. The zero-order chi connectivity index (χ0) is 18.6. The second kappa shape index (κ2) is 8.15. The van der Waals surface area contributed by atoms with Gasteiger partial charge in [0, 0.05) is 30.2 Å². The zero-order valence-electron chi connectivity index (χ0n) is 15.0. The lowest BCUT2D eigenvalue weighted by Crippen LogP contribution is -2.37. The van der Waals surface area contributed by atoms with E-state index in [9.17, 15) is 9.59 Å². The van der Waals surface area contributed by atoms with Crippen molar-refractivity contribution in [2.75, 3.05) is 24.2 Å². The minimum atomic E-state index is -0.0398. The van der Waals surface area contributed by atoms with Crippen molar-refractivity contribution in [3.8, 4) is 0 Å². The van der Waals surface area contributed by atoms with E-state index in [0.717, 1.165) is 35.6 Å². The number of rotatable bonds is 5. The van der Waals surface area contributed by atoms with E-state index in [0.29, 0.717) is 24.4 Å². The summed E-state index contributed by atoms with van der Waals surface area (Å²) >= 11 is 1.50. The molecular formula is C21H22N2O3S. The summed E-state index contributed by atoms with van der Waals surface area (Å²) in [5, 5.41) is 2.86. The fourth-order valence-electron chi connectivity index (χ4n) is 3.46.